The van der Waals surface area contributed by atoms with Gasteiger partial charge in [0, 0.05) is 19.4 Å². The van der Waals surface area contributed by atoms with Crippen molar-refractivity contribution in [2.45, 2.75) is 0 Å². The predicted molar refractivity (Wildman–Crippen MR) is 98.1 cm³/mol. The van der Waals surface area contributed by atoms with E-state index in [4.69, 9.17) is 35.4 Å². The van der Waals surface area contributed by atoms with Crippen molar-refractivity contribution in [1.82, 2.24) is 9.88 Å². The Bertz CT molecular complexity index is 904. The van der Waals surface area contributed by atoms with Crippen molar-refractivity contribution in [3.8, 4) is 0 Å². The van der Waals surface area contributed by atoms with E-state index in [0.717, 1.165) is 5.56 Å². The fourth-order valence-electron chi connectivity index (χ4n) is 2.29. The maximum atomic E-state index is 12.8. The van der Waals surface area contributed by atoms with Crippen molar-refractivity contribution >= 4 is 64.1 Å². The van der Waals surface area contributed by atoms with E-state index in [-0.39, 0.29) is 15.7 Å². The summed E-state index contributed by atoms with van der Waals surface area (Å²) < 4.78 is 1.82. The van der Waals surface area contributed by atoms with Crippen LogP contribution in [0.2, 0.25) is 10.0 Å². The van der Waals surface area contributed by atoms with Crippen molar-refractivity contribution in [3.63, 3.8) is 0 Å². The van der Waals surface area contributed by atoms with Gasteiger partial charge in [0.15, 0.2) is 5.11 Å². The molecule has 122 valence electrons. The summed E-state index contributed by atoms with van der Waals surface area (Å²) in [6.45, 7) is 0. The van der Waals surface area contributed by atoms with Gasteiger partial charge in [-0.15, -0.1) is 0 Å². The number of hydrogen-bond acceptors (Lipinski definition) is 3. The number of halogens is 2. The summed E-state index contributed by atoms with van der Waals surface area (Å²) in [6.07, 6.45) is 5.13. The number of rotatable bonds is 2. The lowest BCUT2D eigenvalue weighted by molar-refractivity contribution is -0.122. The number of nitrogens with zero attached hydrogens (tertiary/aromatic N) is 2. The molecule has 1 aromatic carbocycles. The molecule has 1 aliphatic heterocycles. The Labute approximate surface area is 153 Å². The first-order chi connectivity index (χ1) is 11.4. The second-order valence-corrected chi connectivity index (χ2v) is 6.37. The van der Waals surface area contributed by atoms with Crippen LogP contribution < -0.4 is 10.2 Å². The Kier molecular flexibility index (Phi) is 4.45. The highest BCUT2D eigenvalue weighted by molar-refractivity contribution is 7.80. The SMILES string of the molecule is Cn1ccc(/C=C2/C(=O)NC(=S)N(c3ccc(Cl)c(Cl)c3)C2=O)c1. The van der Waals surface area contributed by atoms with Crippen molar-refractivity contribution in [3.05, 3.63) is 57.8 Å². The second-order valence-electron chi connectivity index (χ2n) is 5.17. The molecule has 2 aromatic rings. The highest BCUT2D eigenvalue weighted by Crippen LogP contribution is 2.29. The fourth-order valence-corrected chi connectivity index (χ4v) is 2.87. The molecule has 1 saturated heterocycles. The third-order valence-electron chi connectivity index (χ3n) is 3.43. The van der Waals surface area contributed by atoms with Crippen LogP contribution in [0.1, 0.15) is 5.56 Å². The highest BCUT2D eigenvalue weighted by Gasteiger charge is 2.34. The van der Waals surface area contributed by atoms with Crippen molar-refractivity contribution in [2.24, 2.45) is 7.05 Å². The number of amides is 2. The zero-order valence-corrected chi connectivity index (χ0v) is 14.7. The van der Waals surface area contributed by atoms with Gasteiger partial charge in [0.05, 0.1) is 15.7 Å². The first-order valence-electron chi connectivity index (χ1n) is 6.85. The molecule has 1 aromatic heterocycles. The number of anilines is 1. The van der Waals surface area contributed by atoms with Crippen molar-refractivity contribution in [2.75, 3.05) is 4.90 Å². The number of aromatic nitrogens is 1. The molecule has 2 heterocycles. The number of nitrogens with one attached hydrogen (secondary N) is 1. The smallest absolute Gasteiger partial charge is 0.270 e. The quantitative estimate of drug-likeness (QED) is 0.495. The Balaban J connectivity index is 2.02. The van der Waals surface area contributed by atoms with Crippen LogP contribution in [-0.4, -0.2) is 21.5 Å². The third kappa shape index (κ3) is 3.08. The zero-order chi connectivity index (χ0) is 17.4. The molecular formula is C16H11Cl2N3O2S. The largest absolute Gasteiger partial charge is 0.357 e. The summed E-state index contributed by atoms with van der Waals surface area (Å²) in [5.41, 5.74) is 1.15. The van der Waals surface area contributed by atoms with E-state index in [9.17, 15) is 9.59 Å². The van der Waals surface area contributed by atoms with Gasteiger partial charge in [-0.3, -0.25) is 19.8 Å². The van der Waals surface area contributed by atoms with Gasteiger partial charge in [-0.2, -0.15) is 0 Å². The van der Waals surface area contributed by atoms with Gasteiger partial charge in [0.1, 0.15) is 5.57 Å². The summed E-state index contributed by atoms with van der Waals surface area (Å²) in [7, 11) is 1.85. The first-order valence-corrected chi connectivity index (χ1v) is 8.02. The highest BCUT2D eigenvalue weighted by atomic mass is 35.5. The number of carbonyl (C=O) groups is 2. The normalized spacial score (nSPS) is 16.7. The van der Waals surface area contributed by atoms with Gasteiger partial charge in [0.25, 0.3) is 11.8 Å². The monoisotopic (exact) mass is 379 g/mol. The lowest BCUT2D eigenvalue weighted by Gasteiger charge is -2.29. The number of aryl methyl sites for hydroxylation is 1. The Morgan fingerprint density at radius 1 is 1.17 bits per heavy atom. The molecular weight excluding hydrogens is 369 g/mol. The van der Waals surface area contributed by atoms with Crippen LogP contribution in [0.25, 0.3) is 6.08 Å². The molecule has 2 amide bonds. The number of benzene rings is 1. The summed E-state index contributed by atoms with van der Waals surface area (Å²) >= 11 is 17.0. The molecule has 0 aliphatic carbocycles. The van der Waals surface area contributed by atoms with Crippen LogP contribution in [0.15, 0.2) is 42.2 Å². The number of hydrogen-bond donors (Lipinski definition) is 1. The van der Waals surface area contributed by atoms with E-state index in [2.05, 4.69) is 5.32 Å². The van der Waals surface area contributed by atoms with E-state index < -0.39 is 11.8 Å². The molecule has 0 atom stereocenters. The molecule has 0 radical (unpaired) electrons. The van der Waals surface area contributed by atoms with Crippen LogP contribution in [-0.2, 0) is 16.6 Å². The standard InChI is InChI=1S/C16H11Cl2N3O2S/c1-20-5-4-9(8-20)6-11-14(22)19-16(24)21(15(11)23)10-2-3-12(17)13(18)7-10/h2-8H,1H3,(H,19,22,24)/b11-6-. The van der Waals surface area contributed by atoms with E-state index in [1.165, 1.54) is 17.0 Å². The lowest BCUT2D eigenvalue weighted by atomic mass is 10.1. The molecule has 1 N–H and O–H groups in total. The summed E-state index contributed by atoms with van der Waals surface area (Å²) in [6, 6.07) is 6.48. The Hall–Kier alpha value is -2.15. The molecule has 0 spiro atoms. The molecule has 8 heteroatoms. The number of thiocarbonyl (C=S) groups is 1. The van der Waals surface area contributed by atoms with Crippen LogP contribution in [0, 0.1) is 0 Å². The molecule has 3 rings (SSSR count). The minimum Gasteiger partial charge on any atom is -0.357 e. The van der Waals surface area contributed by atoms with E-state index in [1.54, 1.807) is 24.4 Å². The maximum Gasteiger partial charge on any atom is 0.270 e. The average Bonchev–Trinajstić information content (AvgIpc) is 2.92. The van der Waals surface area contributed by atoms with Crippen molar-refractivity contribution in [1.29, 1.82) is 0 Å². The molecule has 0 unspecified atom stereocenters. The van der Waals surface area contributed by atoms with E-state index >= 15 is 0 Å². The first kappa shape index (κ1) is 16.7. The second kappa shape index (κ2) is 6.39. The van der Waals surface area contributed by atoms with E-state index in [1.807, 2.05) is 17.8 Å². The molecule has 1 aliphatic rings. The van der Waals surface area contributed by atoms with Crippen LogP contribution in [0.3, 0.4) is 0 Å². The third-order valence-corrected chi connectivity index (χ3v) is 4.45. The maximum absolute atomic E-state index is 12.8. The topological polar surface area (TPSA) is 54.3 Å². The van der Waals surface area contributed by atoms with Crippen molar-refractivity contribution < 1.29 is 9.59 Å². The van der Waals surface area contributed by atoms with Gasteiger partial charge in [0.2, 0.25) is 0 Å². The predicted octanol–water partition coefficient (Wildman–Crippen LogP) is 3.16. The van der Waals surface area contributed by atoms with Crippen LogP contribution >= 0.6 is 35.4 Å². The van der Waals surface area contributed by atoms with Gasteiger partial charge >= 0.3 is 0 Å². The Morgan fingerprint density at radius 2 is 1.92 bits per heavy atom. The van der Waals surface area contributed by atoms with Crippen LogP contribution in [0.5, 0.6) is 0 Å². The molecule has 0 saturated carbocycles. The number of carbonyl (C=O) groups excluding carboxylic acids is 2. The average molecular weight is 380 g/mol. The summed E-state index contributed by atoms with van der Waals surface area (Å²) in [5.74, 6) is -1.06. The van der Waals surface area contributed by atoms with Gasteiger partial charge in [-0.05, 0) is 48.1 Å². The Morgan fingerprint density at radius 3 is 2.54 bits per heavy atom. The molecule has 24 heavy (non-hydrogen) atoms. The zero-order valence-electron chi connectivity index (χ0n) is 12.4. The van der Waals surface area contributed by atoms with E-state index in [0.29, 0.717) is 10.7 Å². The minimum absolute atomic E-state index is 0.00593. The summed E-state index contributed by atoms with van der Waals surface area (Å²) in [5, 5.41) is 3.16. The van der Waals surface area contributed by atoms with Gasteiger partial charge < -0.3 is 4.57 Å². The molecule has 1 fully saturated rings. The molecule has 0 bridgehead atoms. The fraction of sp³-hybridized carbons (Fsp3) is 0.0625. The van der Waals surface area contributed by atoms with Crippen LogP contribution in [0.4, 0.5) is 5.69 Å². The van der Waals surface area contributed by atoms with Gasteiger partial charge in [-0.25, -0.2) is 0 Å². The minimum atomic E-state index is -0.537. The lowest BCUT2D eigenvalue weighted by Crippen LogP contribution is -2.54. The summed E-state index contributed by atoms with van der Waals surface area (Å²) in [4.78, 5) is 26.2. The van der Waals surface area contributed by atoms with Gasteiger partial charge in [-0.1, -0.05) is 23.2 Å². The molecule has 5 nitrogen and oxygen atoms in total.